The van der Waals surface area contributed by atoms with Crippen molar-refractivity contribution in [1.29, 1.82) is 0 Å². The summed E-state index contributed by atoms with van der Waals surface area (Å²) in [6, 6.07) is 2.95. The molecule has 2 heterocycles. The molecule has 1 atom stereocenters. The average molecular weight is 865 g/mol. The molecule has 16 heteroatoms. The van der Waals surface area contributed by atoms with Gasteiger partial charge in [0.15, 0.2) is 16.9 Å². The zero-order valence-electron chi connectivity index (χ0n) is 36.6. The second kappa shape index (κ2) is 18.4. The number of amides is 1. The molecule has 334 valence electrons. The molecule has 5 aromatic rings. The third-order valence-electron chi connectivity index (χ3n) is 12.9. The molecule has 2 saturated heterocycles. The van der Waals surface area contributed by atoms with Gasteiger partial charge in [0.05, 0.1) is 63.3 Å². The maximum atomic E-state index is 15.4. The first-order chi connectivity index (χ1) is 30.5. The van der Waals surface area contributed by atoms with E-state index in [0.717, 1.165) is 58.5 Å². The Bertz CT molecular complexity index is 2740. The van der Waals surface area contributed by atoms with E-state index in [1.54, 1.807) is 19.1 Å². The van der Waals surface area contributed by atoms with Crippen LogP contribution in [-0.4, -0.2) is 121 Å². The maximum absolute atomic E-state index is 15.4. The topological polar surface area (TPSA) is 206 Å². The number of ketones is 1. The van der Waals surface area contributed by atoms with Crippen LogP contribution in [0.1, 0.15) is 56.6 Å². The van der Waals surface area contributed by atoms with Gasteiger partial charge in [-0.05, 0) is 57.5 Å². The summed E-state index contributed by atoms with van der Waals surface area (Å²) < 4.78 is 23.5. The zero-order valence-corrected chi connectivity index (χ0v) is 36.6. The predicted octanol–water partition coefficient (Wildman–Crippen LogP) is 3.88. The normalized spacial score (nSPS) is 17.0. The molecule has 2 fully saturated rings. The molecular formula is C47H56N6O10. The lowest BCUT2D eigenvalue weighted by Gasteiger charge is -2.27. The summed E-state index contributed by atoms with van der Waals surface area (Å²) in [5, 5.41) is 30.7. The molecule has 2 aliphatic heterocycles. The van der Waals surface area contributed by atoms with Crippen molar-refractivity contribution in [3.8, 4) is 23.0 Å². The number of anilines is 2. The molecule has 5 aromatic carbocycles. The van der Waals surface area contributed by atoms with Gasteiger partial charge < -0.3 is 50.6 Å². The Morgan fingerprint density at radius 2 is 1.51 bits per heavy atom. The van der Waals surface area contributed by atoms with Crippen LogP contribution in [0.3, 0.4) is 0 Å². The van der Waals surface area contributed by atoms with Crippen LogP contribution in [-0.2, 0) is 19.1 Å². The number of nitrogens with zero attached hydrogens (tertiary/aromatic N) is 1. The Balaban J connectivity index is 1.32. The standard InChI is InChI=1S/C47H56N6O10/c1-24-20-27-35-40-36(45(58)44(27)52-23-32(56)51-15-18-53-16-13-49-14-17-53)28(50-12-8-33(57)63-19-9-26-6-10-48-11-7-26)21-30(60-3)38(40)39-31(61-4)22-29(55)37-42(39)41(35)43(34(24)25(2)54)47(62-5)46(37)59/h20-22,26,34,48-50,52,59H,6-19,23H2,1-5H3,(H,51,56). The molecule has 0 bridgehead atoms. The van der Waals surface area contributed by atoms with Crippen molar-refractivity contribution in [1.82, 2.24) is 20.9 Å². The van der Waals surface area contributed by atoms with E-state index in [-0.39, 0.29) is 65.1 Å². The third kappa shape index (κ3) is 8.00. The van der Waals surface area contributed by atoms with E-state index in [1.807, 2.05) is 0 Å². The van der Waals surface area contributed by atoms with Crippen LogP contribution in [0.25, 0.3) is 49.2 Å². The highest BCUT2D eigenvalue weighted by molar-refractivity contribution is 6.40. The van der Waals surface area contributed by atoms with Crippen LogP contribution in [0.15, 0.2) is 27.3 Å². The lowest BCUT2D eigenvalue weighted by atomic mass is 9.80. The average Bonchev–Trinajstić information content (AvgIpc) is 3.40. The van der Waals surface area contributed by atoms with Crippen molar-refractivity contribution in [2.45, 2.75) is 45.4 Å². The summed E-state index contributed by atoms with van der Waals surface area (Å²) in [4.78, 5) is 72.0. The Morgan fingerprint density at radius 3 is 2.19 bits per heavy atom. The molecule has 0 spiro atoms. The Labute approximate surface area is 364 Å². The highest BCUT2D eigenvalue weighted by Gasteiger charge is 2.37. The number of methoxy groups -OCH3 is 3. The molecule has 0 saturated carbocycles. The fourth-order valence-corrected chi connectivity index (χ4v) is 10.0. The highest BCUT2D eigenvalue weighted by atomic mass is 16.5. The molecule has 8 rings (SSSR count). The number of aromatic hydroxyl groups is 1. The minimum atomic E-state index is -0.969. The minimum absolute atomic E-state index is 0.0151. The number of carbonyl (C=O) groups is 3. The number of Topliss-reactive ketones (excluding diaryl/α,β-unsaturated/α-hetero) is 1. The van der Waals surface area contributed by atoms with Crippen LogP contribution in [0.4, 0.5) is 11.4 Å². The summed E-state index contributed by atoms with van der Waals surface area (Å²) >= 11 is 0. The second-order valence-electron chi connectivity index (χ2n) is 16.7. The number of allylic oxidation sites excluding steroid dienone is 1. The number of rotatable bonds is 17. The Morgan fingerprint density at radius 1 is 0.825 bits per heavy atom. The monoisotopic (exact) mass is 864 g/mol. The van der Waals surface area contributed by atoms with Gasteiger partial charge in [-0.25, -0.2) is 0 Å². The highest BCUT2D eigenvalue weighted by Crippen LogP contribution is 2.57. The predicted molar refractivity (Wildman–Crippen MR) is 245 cm³/mol. The van der Waals surface area contributed by atoms with Crippen molar-refractivity contribution < 1.29 is 38.4 Å². The van der Waals surface area contributed by atoms with E-state index in [4.69, 9.17) is 18.9 Å². The molecule has 0 radical (unpaired) electrons. The Hall–Kier alpha value is -5.97. The molecule has 1 amide bonds. The summed E-state index contributed by atoms with van der Waals surface area (Å²) in [6.07, 6.45) is 4.67. The second-order valence-corrected chi connectivity index (χ2v) is 16.7. The first-order valence-electron chi connectivity index (χ1n) is 21.8. The molecule has 1 aliphatic carbocycles. The molecule has 1 unspecified atom stereocenters. The minimum Gasteiger partial charge on any atom is -0.504 e. The molecule has 63 heavy (non-hydrogen) atoms. The number of phenolic OH excluding ortho intramolecular Hbond substituents is 1. The summed E-state index contributed by atoms with van der Waals surface area (Å²) in [5.74, 6) is -1.43. The Kier molecular flexibility index (Phi) is 12.8. The van der Waals surface area contributed by atoms with Crippen molar-refractivity contribution in [3.63, 3.8) is 0 Å². The van der Waals surface area contributed by atoms with Gasteiger partial charge in [-0.15, -0.1) is 0 Å². The van der Waals surface area contributed by atoms with Gasteiger partial charge in [-0.2, -0.15) is 0 Å². The van der Waals surface area contributed by atoms with E-state index < -0.39 is 22.5 Å². The molecule has 3 aliphatic rings. The van der Waals surface area contributed by atoms with E-state index in [0.29, 0.717) is 86.1 Å². The van der Waals surface area contributed by atoms with Crippen molar-refractivity contribution in [2.24, 2.45) is 5.92 Å². The summed E-state index contributed by atoms with van der Waals surface area (Å²) in [6.45, 7) is 9.95. The largest absolute Gasteiger partial charge is 0.504 e. The van der Waals surface area contributed by atoms with Gasteiger partial charge in [-0.3, -0.25) is 28.9 Å². The van der Waals surface area contributed by atoms with Gasteiger partial charge in [0.25, 0.3) is 0 Å². The number of esters is 1. The number of ether oxygens (including phenoxy) is 4. The number of hydrogen-bond donors (Lipinski definition) is 6. The number of fused-ring (bicyclic) bond motifs is 1. The fraction of sp³-hybridized carbons (Fsp3) is 0.468. The van der Waals surface area contributed by atoms with Crippen LogP contribution >= 0.6 is 0 Å². The quantitative estimate of drug-likeness (QED) is 0.0446. The van der Waals surface area contributed by atoms with E-state index >= 15 is 4.79 Å². The smallest absolute Gasteiger partial charge is 0.307 e. The van der Waals surface area contributed by atoms with Crippen LogP contribution in [0, 0.1) is 5.92 Å². The zero-order chi connectivity index (χ0) is 44.5. The van der Waals surface area contributed by atoms with Gasteiger partial charge >= 0.3 is 5.97 Å². The van der Waals surface area contributed by atoms with Crippen LogP contribution in [0.2, 0.25) is 0 Å². The number of piperidine rings is 1. The van der Waals surface area contributed by atoms with Crippen LogP contribution < -0.4 is 51.7 Å². The van der Waals surface area contributed by atoms with E-state index in [9.17, 15) is 24.3 Å². The first-order valence-corrected chi connectivity index (χ1v) is 21.8. The number of carbonyl (C=O) groups excluding carboxylic acids is 3. The third-order valence-corrected chi connectivity index (χ3v) is 12.9. The first kappa shape index (κ1) is 43.7. The van der Waals surface area contributed by atoms with Gasteiger partial charge in [0.2, 0.25) is 11.3 Å². The SMILES string of the molecule is COc1c(O)c2c(=O)cc(OC)c3c4c(OC)cc(NCCC(=O)OCCC5CCNCC5)c5c(=O)c(NCC(=O)NCCN6CCNCC6)c6c(c(c1C(C(C)=O)C(C)=C6)c23)c54. The van der Waals surface area contributed by atoms with Gasteiger partial charge in [0.1, 0.15) is 17.3 Å². The molecule has 16 nitrogen and oxygen atoms in total. The molecule has 0 aromatic heterocycles. The number of benzene rings is 5. The van der Waals surface area contributed by atoms with Crippen molar-refractivity contribution >= 4 is 78.2 Å². The van der Waals surface area contributed by atoms with Crippen molar-refractivity contribution in [3.05, 3.63) is 49.3 Å². The van der Waals surface area contributed by atoms with E-state index in [1.165, 1.54) is 34.3 Å². The van der Waals surface area contributed by atoms with Gasteiger partial charge in [-0.1, -0.05) is 11.6 Å². The molecule has 6 N–H and O–H groups in total. The van der Waals surface area contributed by atoms with Crippen LogP contribution in [0.5, 0.6) is 23.0 Å². The number of hydrogen-bond acceptors (Lipinski definition) is 15. The van der Waals surface area contributed by atoms with Crippen molar-refractivity contribution in [2.75, 3.05) is 104 Å². The van der Waals surface area contributed by atoms with Gasteiger partial charge in [0, 0.05) is 102 Å². The number of nitrogens with one attached hydrogen (secondary N) is 5. The number of piperazine rings is 1. The maximum Gasteiger partial charge on any atom is 0.307 e. The number of phenols is 1. The summed E-state index contributed by atoms with van der Waals surface area (Å²) in [5.41, 5.74) is 0.690. The van der Waals surface area contributed by atoms with E-state index in [2.05, 4.69) is 31.5 Å². The fourth-order valence-electron chi connectivity index (χ4n) is 10.0. The lowest BCUT2D eigenvalue weighted by molar-refractivity contribution is -0.143. The summed E-state index contributed by atoms with van der Waals surface area (Å²) in [7, 11) is 4.28. The molecular weight excluding hydrogens is 809 g/mol. The lowest BCUT2D eigenvalue weighted by Crippen LogP contribution is -2.46.